The van der Waals surface area contributed by atoms with Gasteiger partial charge < -0.3 is 20.1 Å². The minimum absolute atomic E-state index is 0.350. The number of hydrogen-bond acceptors (Lipinski definition) is 3. The number of ether oxygens (including phenoxy) is 2. The zero-order valence-corrected chi connectivity index (χ0v) is 15.2. The lowest BCUT2D eigenvalue weighted by molar-refractivity contribution is -0.125. The van der Waals surface area contributed by atoms with Crippen molar-refractivity contribution in [1.82, 2.24) is 10.6 Å². The number of guanidine groups is 1. The molecule has 0 saturated heterocycles. The van der Waals surface area contributed by atoms with Crippen molar-refractivity contribution in [1.29, 1.82) is 0 Å². The van der Waals surface area contributed by atoms with Crippen molar-refractivity contribution in [3.8, 4) is 0 Å². The highest BCUT2D eigenvalue weighted by Gasteiger charge is 2.56. The highest BCUT2D eigenvalue weighted by molar-refractivity contribution is 5.80. The number of aliphatic imine (C=N–C) groups is 1. The Morgan fingerprint density at radius 1 is 1.17 bits per heavy atom. The summed E-state index contributed by atoms with van der Waals surface area (Å²) < 4.78 is 11.4. The largest absolute Gasteiger partial charge is 0.382 e. The third-order valence-corrected chi connectivity index (χ3v) is 5.43. The van der Waals surface area contributed by atoms with Gasteiger partial charge in [0.1, 0.15) is 0 Å². The second-order valence-corrected chi connectivity index (χ2v) is 6.72. The SMILES string of the molecule is CCOCCCCNC(=NC)NC1CC(OCC)C12CCCC2. The van der Waals surface area contributed by atoms with Crippen molar-refractivity contribution in [2.75, 3.05) is 33.4 Å². The fraction of sp³-hybridized carbons (Fsp3) is 0.944. The Kier molecular flexibility index (Phi) is 7.63. The Bertz CT molecular complexity index is 367. The number of rotatable bonds is 9. The molecule has 0 radical (unpaired) electrons. The second-order valence-electron chi connectivity index (χ2n) is 6.72. The maximum absolute atomic E-state index is 5.98. The second kappa shape index (κ2) is 9.48. The van der Waals surface area contributed by atoms with Gasteiger partial charge in [0.05, 0.1) is 6.10 Å². The van der Waals surface area contributed by atoms with Gasteiger partial charge in [0.15, 0.2) is 5.96 Å². The van der Waals surface area contributed by atoms with Crippen LogP contribution >= 0.6 is 0 Å². The van der Waals surface area contributed by atoms with Crippen LogP contribution in [0.2, 0.25) is 0 Å². The maximum atomic E-state index is 5.98. The highest BCUT2D eigenvalue weighted by atomic mass is 16.5. The van der Waals surface area contributed by atoms with Crippen molar-refractivity contribution in [3.05, 3.63) is 0 Å². The van der Waals surface area contributed by atoms with Gasteiger partial charge in [0.25, 0.3) is 0 Å². The molecule has 2 atom stereocenters. The summed E-state index contributed by atoms with van der Waals surface area (Å²) in [6.45, 7) is 7.57. The first-order valence-corrected chi connectivity index (χ1v) is 9.43. The summed E-state index contributed by atoms with van der Waals surface area (Å²) in [6, 6.07) is 0.510. The van der Waals surface area contributed by atoms with Crippen LogP contribution in [0.1, 0.15) is 58.8 Å². The van der Waals surface area contributed by atoms with E-state index >= 15 is 0 Å². The quantitative estimate of drug-likeness (QED) is 0.389. The molecular weight excluding hydrogens is 290 g/mol. The van der Waals surface area contributed by atoms with Gasteiger partial charge in [0, 0.05) is 44.9 Å². The maximum Gasteiger partial charge on any atom is 0.191 e. The summed E-state index contributed by atoms with van der Waals surface area (Å²) in [4.78, 5) is 4.39. The molecule has 0 amide bonds. The number of hydrogen-bond donors (Lipinski definition) is 2. The normalized spacial score (nSPS) is 26.3. The monoisotopic (exact) mass is 325 g/mol. The predicted molar refractivity (Wildman–Crippen MR) is 94.9 cm³/mol. The average molecular weight is 325 g/mol. The van der Waals surface area contributed by atoms with Crippen molar-refractivity contribution in [2.24, 2.45) is 10.4 Å². The molecule has 5 heteroatoms. The van der Waals surface area contributed by atoms with E-state index in [-0.39, 0.29) is 0 Å². The van der Waals surface area contributed by atoms with Gasteiger partial charge >= 0.3 is 0 Å². The van der Waals surface area contributed by atoms with E-state index in [1.807, 2.05) is 14.0 Å². The Morgan fingerprint density at radius 2 is 1.96 bits per heavy atom. The minimum atomic E-state index is 0.350. The standard InChI is InChI=1S/C18H35N3O2/c1-4-22-13-9-8-12-20-17(19-3)21-15-14-16(23-5-2)18(15)10-6-7-11-18/h15-16H,4-14H2,1-3H3,(H2,19,20,21). The average Bonchev–Trinajstić information content (AvgIpc) is 3.08. The number of nitrogens with zero attached hydrogens (tertiary/aromatic N) is 1. The topological polar surface area (TPSA) is 54.9 Å². The molecule has 2 saturated carbocycles. The van der Waals surface area contributed by atoms with Crippen LogP contribution in [-0.4, -0.2) is 51.5 Å². The smallest absolute Gasteiger partial charge is 0.191 e. The van der Waals surface area contributed by atoms with Crippen molar-refractivity contribution in [3.63, 3.8) is 0 Å². The zero-order valence-electron chi connectivity index (χ0n) is 15.2. The van der Waals surface area contributed by atoms with Crippen LogP contribution in [0.4, 0.5) is 0 Å². The van der Waals surface area contributed by atoms with Gasteiger partial charge in [-0.05, 0) is 46.0 Å². The molecule has 134 valence electrons. The molecule has 0 aromatic rings. The first kappa shape index (κ1) is 18.5. The van der Waals surface area contributed by atoms with Gasteiger partial charge in [-0.1, -0.05) is 12.8 Å². The van der Waals surface area contributed by atoms with Gasteiger partial charge in [-0.25, -0.2) is 0 Å². The van der Waals surface area contributed by atoms with Crippen LogP contribution in [0.15, 0.2) is 4.99 Å². The summed E-state index contributed by atoms with van der Waals surface area (Å²) in [5.41, 5.74) is 0.350. The van der Waals surface area contributed by atoms with Gasteiger partial charge in [-0.2, -0.15) is 0 Å². The zero-order chi connectivity index (χ0) is 16.5. The Morgan fingerprint density at radius 3 is 2.61 bits per heavy atom. The Balaban J connectivity index is 1.74. The lowest BCUT2D eigenvalue weighted by Gasteiger charge is -2.54. The van der Waals surface area contributed by atoms with E-state index < -0.39 is 0 Å². The first-order chi connectivity index (χ1) is 11.3. The van der Waals surface area contributed by atoms with Gasteiger partial charge in [-0.15, -0.1) is 0 Å². The molecule has 2 fully saturated rings. The van der Waals surface area contributed by atoms with Crippen LogP contribution < -0.4 is 10.6 Å². The van der Waals surface area contributed by atoms with E-state index in [1.165, 1.54) is 25.7 Å². The third kappa shape index (κ3) is 4.60. The van der Waals surface area contributed by atoms with Crippen LogP contribution in [0, 0.1) is 5.41 Å². The summed E-state index contributed by atoms with van der Waals surface area (Å²) in [7, 11) is 1.86. The molecule has 2 aliphatic carbocycles. The number of nitrogens with one attached hydrogen (secondary N) is 2. The molecule has 2 unspecified atom stereocenters. The minimum Gasteiger partial charge on any atom is -0.382 e. The van der Waals surface area contributed by atoms with E-state index in [4.69, 9.17) is 9.47 Å². The fourth-order valence-corrected chi connectivity index (χ4v) is 4.13. The predicted octanol–water partition coefficient (Wildman–Crippen LogP) is 2.71. The van der Waals surface area contributed by atoms with E-state index in [9.17, 15) is 0 Å². The summed E-state index contributed by atoms with van der Waals surface area (Å²) >= 11 is 0. The van der Waals surface area contributed by atoms with E-state index in [0.29, 0.717) is 17.6 Å². The summed E-state index contributed by atoms with van der Waals surface area (Å²) in [6.07, 6.45) is 9.02. The Hall–Kier alpha value is -0.810. The highest BCUT2D eigenvalue weighted by Crippen LogP contribution is 2.54. The molecule has 0 aromatic carbocycles. The first-order valence-electron chi connectivity index (χ1n) is 9.43. The van der Waals surface area contributed by atoms with Crippen LogP contribution in [-0.2, 0) is 9.47 Å². The molecule has 0 bridgehead atoms. The number of unbranched alkanes of at least 4 members (excludes halogenated alkanes) is 1. The van der Waals surface area contributed by atoms with E-state index in [2.05, 4.69) is 22.5 Å². The van der Waals surface area contributed by atoms with Gasteiger partial charge in [-0.3, -0.25) is 4.99 Å². The van der Waals surface area contributed by atoms with E-state index in [0.717, 1.165) is 51.6 Å². The molecule has 5 nitrogen and oxygen atoms in total. The molecule has 2 aliphatic rings. The van der Waals surface area contributed by atoms with Crippen molar-refractivity contribution < 1.29 is 9.47 Å². The Labute approximate surface area is 141 Å². The van der Waals surface area contributed by atoms with Gasteiger partial charge in [0.2, 0.25) is 0 Å². The lowest BCUT2D eigenvalue weighted by atomic mass is 9.60. The van der Waals surface area contributed by atoms with Crippen molar-refractivity contribution >= 4 is 5.96 Å². The molecule has 2 rings (SSSR count). The molecule has 1 spiro atoms. The van der Waals surface area contributed by atoms with E-state index in [1.54, 1.807) is 0 Å². The summed E-state index contributed by atoms with van der Waals surface area (Å²) in [5, 5.41) is 7.10. The molecular formula is C18H35N3O2. The molecule has 23 heavy (non-hydrogen) atoms. The molecule has 0 aromatic heterocycles. The van der Waals surface area contributed by atoms with Crippen LogP contribution in [0.25, 0.3) is 0 Å². The van der Waals surface area contributed by atoms with Crippen molar-refractivity contribution in [2.45, 2.75) is 70.9 Å². The molecule has 0 heterocycles. The van der Waals surface area contributed by atoms with Crippen LogP contribution in [0.3, 0.4) is 0 Å². The molecule has 0 aliphatic heterocycles. The lowest BCUT2D eigenvalue weighted by Crippen LogP contribution is -2.65. The summed E-state index contributed by atoms with van der Waals surface area (Å²) in [5.74, 6) is 0.938. The van der Waals surface area contributed by atoms with Crippen LogP contribution in [0.5, 0.6) is 0 Å². The fourth-order valence-electron chi connectivity index (χ4n) is 4.13. The molecule has 2 N–H and O–H groups in total. The third-order valence-electron chi connectivity index (χ3n) is 5.43.